The summed E-state index contributed by atoms with van der Waals surface area (Å²) >= 11 is 0. The van der Waals surface area contributed by atoms with Crippen molar-refractivity contribution in [1.29, 1.82) is 0 Å². The van der Waals surface area contributed by atoms with Crippen LogP contribution in [0.5, 0.6) is 5.75 Å². The number of H-pyrrole nitrogens is 1. The standard InChI is InChI=1S/C18H21N3O3/c1-10-6-15(22)13(9-20-10)17(23)21-14-8-18(2,3)24-16-5-4-11(19)7-12(14)16/h4-7,9,14H,8,19H2,1-3H3,(H,20,22)(H,21,23). The maximum absolute atomic E-state index is 12.5. The van der Waals surface area contributed by atoms with Gasteiger partial charge in [-0.3, -0.25) is 9.59 Å². The molecule has 4 N–H and O–H groups in total. The molecule has 2 heterocycles. The topological polar surface area (TPSA) is 97.2 Å². The Labute approximate surface area is 140 Å². The van der Waals surface area contributed by atoms with Crippen molar-refractivity contribution < 1.29 is 9.53 Å². The fourth-order valence-corrected chi connectivity index (χ4v) is 2.99. The van der Waals surface area contributed by atoms with Crippen molar-refractivity contribution >= 4 is 11.6 Å². The molecule has 126 valence electrons. The molecule has 1 aromatic carbocycles. The van der Waals surface area contributed by atoms with Gasteiger partial charge in [0.25, 0.3) is 5.91 Å². The highest BCUT2D eigenvalue weighted by molar-refractivity contribution is 5.94. The van der Waals surface area contributed by atoms with E-state index in [4.69, 9.17) is 10.5 Å². The number of ether oxygens (including phenoxy) is 1. The van der Waals surface area contributed by atoms with Crippen molar-refractivity contribution in [3.8, 4) is 5.75 Å². The van der Waals surface area contributed by atoms with E-state index < -0.39 is 11.5 Å². The summed E-state index contributed by atoms with van der Waals surface area (Å²) in [5.41, 5.74) is 7.37. The Kier molecular flexibility index (Phi) is 3.83. The Bertz CT molecular complexity index is 855. The van der Waals surface area contributed by atoms with E-state index in [1.165, 1.54) is 12.3 Å². The number of pyridine rings is 1. The fourth-order valence-electron chi connectivity index (χ4n) is 2.99. The van der Waals surface area contributed by atoms with Crippen LogP contribution in [0.15, 0.2) is 35.3 Å². The molecule has 1 aliphatic rings. The maximum Gasteiger partial charge on any atom is 0.257 e. The number of carbonyl (C=O) groups excluding carboxylic acids is 1. The van der Waals surface area contributed by atoms with Crippen molar-refractivity contribution in [1.82, 2.24) is 10.3 Å². The van der Waals surface area contributed by atoms with Crippen LogP contribution in [0.1, 0.15) is 47.9 Å². The number of fused-ring (bicyclic) bond motifs is 1. The summed E-state index contributed by atoms with van der Waals surface area (Å²) in [4.78, 5) is 27.5. The van der Waals surface area contributed by atoms with Gasteiger partial charge in [0.05, 0.1) is 6.04 Å². The second kappa shape index (κ2) is 5.70. The molecule has 1 unspecified atom stereocenters. The minimum Gasteiger partial charge on any atom is -0.487 e. The largest absolute Gasteiger partial charge is 0.487 e. The zero-order valence-electron chi connectivity index (χ0n) is 14.0. The van der Waals surface area contributed by atoms with E-state index in [0.717, 1.165) is 5.56 Å². The van der Waals surface area contributed by atoms with Crippen LogP contribution >= 0.6 is 0 Å². The highest BCUT2D eigenvalue weighted by Gasteiger charge is 2.35. The number of aromatic amines is 1. The molecular formula is C18H21N3O3. The molecule has 0 aliphatic carbocycles. The summed E-state index contributed by atoms with van der Waals surface area (Å²) in [5.74, 6) is 0.288. The predicted molar refractivity (Wildman–Crippen MR) is 92.2 cm³/mol. The zero-order chi connectivity index (χ0) is 17.5. The number of rotatable bonds is 2. The Morgan fingerprint density at radius 3 is 2.83 bits per heavy atom. The monoisotopic (exact) mass is 327 g/mol. The van der Waals surface area contributed by atoms with Crippen LogP contribution in [0, 0.1) is 6.92 Å². The number of carbonyl (C=O) groups is 1. The summed E-state index contributed by atoms with van der Waals surface area (Å²) < 4.78 is 5.96. The lowest BCUT2D eigenvalue weighted by atomic mass is 9.89. The third kappa shape index (κ3) is 3.13. The van der Waals surface area contributed by atoms with Gasteiger partial charge in [0.1, 0.15) is 16.9 Å². The first-order valence-electron chi connectivity index (χ1n) is 7.84. The van der Waals surface area contributed by atoms with E-state index in [0.29, 0.717) is 23.6 Å². The number of nitrogen functional groups attached to an aromatic ring is 1. The fraction of sp³-hybridized carbons (Fsp3) is 0.333. The lowest BCUT2D eigenvalue weighted by molar-refractivity contribution is 0.0619. The molecule has 0 fully saturated rings. The van der Waals surface area contributed by atoms with E-state index in [9.17, 15) is 9.59 Å². The number of hydrogen-bond acceptors (Lipinski definition) is 4. The van der Waals surface area contributed by atoms with Gasteiger partial charge in [-0.15, -0.1) is 0 Å². The van der Waals surface area contributed by atoms with Crippen molar-refractivity contribution in [2.75, 3.05) is 5.73 Å². The van der Waals surface area contributed by atoms with Gasteiger partial charge in [-0.05, 0) is 39.0 Å². The molecule has 1 amide bonds. The van der Waals surface area contributed by atoms with Gasteiger partial charge < -0.3 is 20.8 Å². The first-order valence-corrected chi connectivity index (χ1v) is 7.84. The van der Waals surface area contributed by atoms with Gasteiger partial charge in [-0.2, -0.15) is 0 Å². The quantitative estimate of drug-likeness (QED) is 0.737. The minimum atomic E-state index is -0.430. The number of nitrogens with two attached hydrogens (primary N) is 1. The van der Waals surface area contributed by atoms with E-state index in [1.54, 1.807) is 19.1 Å². The molecular weight excluding hydrogens is 306 g/mol. The van der Waals surface area contributed by atoms with Gasteiger partial charge >= 0.3 is 0 Å². The molecule has 6 heteroatoms. The van der Waals surface area contributed by atoms with Crippen molar-refractivity contribution in [3.63, 3.8) is 0 Å². The van der Waals surface area contributed by atoms with Gasteiger partial charge in [0.2, 0.25) is 0 Å². The van der Waals surface area contributed by atoms with Crippen molar-refractivity contribution in [2.45, 2.75) is 38.8 Å². The highest BCUT2D eigenvalue weighted by atomic mass is 16.5. The van der Waals surface area contributed by atoms with Gasteiger partial charge in [-0.25, -0.2) is 0 Å². The average Bonchev–Trinajstić information content (AvgIpc) is 2.47. The highest BCUT2D eigenvalue weighted by Crippen LogP contribution is 2.40. The van der Waals surface area contributed by atoms with Gasteiger partial charge in [0, 0.05) is 35.6 Å². The molecule has 2 aromatic rings. The smallest absolute Gasteiger partial charge is 0.257 e. The first kappa shape index (κ1) is 16.1. The Morgan fingerprint density at radius 2 is 2.12 bits per heavy atom. The van der Waals surface area contributed by atoms with Crippen LogP contribution in [0.2, 0.25) is 0 Å². The van der Waals surface area contributed by atoms with Crippen LogP contribution in [-0.2, 0) is 0 Å². The molecule has 1 aromatic heterocycles. The van der Waals surface area contributed by atoms with Crippen LogP contribution in [-0.4, -0.2) is 16.5 Å². The molecule has 6 nitrogen and oxygen atoms in total. The summed E-state index contributed by atoms with van der Waals surface area (Å²) in [7, 11) is 0. The van der Waals surface area contributed by atoms with Crippen LogP contribution < -0.4 is 21.2 Å². The van der Waals surface area contributed by atoms with E-state index in [-0.39, 0.29) is 17.0 Å². The molecule has 3 rings (SSSR count). The molecule has 0 bridgehead atoms. The first-order chi connectivity index (χ1) is 11.2. The van der Waals surface area contributed by atoms with Gasteiger partial charge in [0.15, 0.2) is 5.43 Å². The molecule has 1 atom stereocenters. The SMILES string of the molecule is Cc1cc(=O)c(C(=O)NC2CC(C)(C)Oc3ccc(N)cc32)c[nH]1. The van der Waals surface area contributed by atoms with E-state index in [2.05, 4.69) is 10.3 Å². The number of hydrogen-bond donors (Lipinski definition) is 3. The number of anilines is 1. The predicted octanol–water partition coefficient (Wildman–Crippen LogP) is 2.30. The maximum atomic E-state index is 12.5. The lowest BCUT2D eigenvalue weighted by Crippen LogP contribution is -2.42. The van der Waals surface area contributed by atoms with E-state index >= 15 is 0 Å². The Balaban J connectivity index is 1.93. The van der Waals surface area contributed by atoms with Crippen molar-refractivity contribution in [3.05, 3.63) is 57.5 Å². The molecule has 0 spiro atoms. The van der Waals surface area contributed by atoms with Crippen LogP contribution in [0.3, 0.4) is 0 Å². The summed E-state index contributed by atoms with van der Waals surface area (Å²) in [6.45, 7) is 5.69. The third-order valence-electron chi connectivity index (χ3n) is 4.10. The summed E-state index contributed by atoms with van der Waals surface area (Å²) in [6.07, 6.45) is 2.02. The second-order valence-corrected chi connectivity index (χ2v) is 6.78. The molecule has 1 aliphatic heterocycles. The Morgan fingerprint density at radius 1 is 1.38 bits per heavy atom. The molecule has 0 radical (unpaired) electrons. The third-order valence-corrected chi connectivity index (χ3v) is 4.10. The minimum absolute atomic E-state index is 0.0929. The van der Waals surface area contributed by atoms with Crippen LogP contribution in [0.25, 0.3) is 0 Å². The average molecular weight is 327 g/mol. The van der Waals surface area contributed by atoms with E-state index in [1.807, 2.05) is 19.9 Å². The van der Waals surface area contributed by atoms with Crippen LogP contribution in [0.4, 0.5) is 5.69 Å². The number of amides is 1. The normalized spacial score (nSPS) is 18.4. The number of aryl methyl sites for hydroxylation is 1. The number of aromatic nitrogens is 1. The molecule has 0 saturated carbocycles. The second-order valence-electron chi connectivity index (χ2n) is 6.78. The number of nitrogens with one attached hydrogen (secondary N) is 2. The molecule has 24 heavy (non-hydrogen) atoms. The number of benzene rings is 1. The Hall–Kier alpha value is -2.76. The lowest BCUT2D eigenvalue weighted by Gasteiger charge is -2.38. The zero-order valence-corrected chi connectivity index (χ0v) is 14.0. The van der Waals surface area contributed by atoms with Crippen molar-refractivity contribution in [2.24, 2.45) is 0 Å². The van der Waals surface area contributed by atoms with Gasteiger partial charge in [-0.1, -0.05) is 0 Å². The summed E-state index contributed by atoms with van der Waals surface area (Å²) in [6, 6.07) is 6.51. The summed E-state index contributed by atoms with van der Waals surface area (Å²) in [5, 5.41) is 2.94. The molecule has 0 saturated heterocycles.